The van der Waals surface area contributed by atoms with Crippen molar-refractivity contribution in [3.05, 3.63) is 0 Å². The maximum atomic E-state index is 10.3. The molecule has 0 aliphatic heterocycles. The monoisotopic (exact) mass is 394 g/mol. The van der Waals surface area contributed by atoms with Crippen LogP contribution in [-0.4, -0.2) is 63.5 Å². The van der Waals surface area contributed by atoms with Crippen LogP contribution in [0.5, 0.6) is 0 Å². The van der Waals surface area contributed by atoms with Crippen molar-refractivity contribution in [3.8, 4) is 0 Å². The Morgan fingerprint density at radius 1 is 0.870 bits per heavy atom. The van der Waals surface area contributed by atoms with Crippen LogP contribution < -0.4 is 29.6 Å². The molecule has 0 saturated carbocycles. The number of rotatable bonds is 7. The summed E-state index contributed by atoms with van der Waals surface area (Å²) in [5.74, 6) is -5.02. The van der Waals surface area contributed by atoms with Gasteiger partial charge in [-0.25, -0.2) is 13.9 Å². The minimum atomic E-state index is -5.05. The van der Waals surface area contributed by atoms with Gasteiger partial charge >= 0.3 is 63.1 Å². The zero-order valence-electron chi connectivity index (χ0n) is 12.3. The normalized spacial score (nSPS) is 11.5. The van der Waals surface area contributed by atoms with E-state index in [4.69, 9.17) is 40.0 Å². The first-order valence-electron chi connectivity index (χ1n) is 4.70. The maximum Gasteiger partial charge on any atom is 1.00 e. The van der Waals surface area contributed by atoms with Gasteiger partial charge in [-0.3, -0.25) is 9.59 Å². The molecule has 0 amide bonds. The van der Waals surface area contributed by atoms with Crippen molar-refractivity contribution >= 4 is 33.6 Å². The van der Waals surface area contributed by atoms with Crippen LogP contribution in [0.4, 0.5) is 0 Å². The summed E-state index contributed by atoms with van der Waals surface area (Å²) in [6, 6.07) is 0. The second-order valence-electron chi connectivity index (χ2n) is 3.54. The average Bonchev–Trinajstić information content (AvgIpc) is 2.08. The number of hydrogen-bond acceptors (Lipinski definition) is 7. The predicted octanol–water partition coefficient (Wildman–Crippen LogP) is -4.94. The van der Waals surface area contributed by atoms with E-state index in [9.17, 15) is 23.5 Å². The summed E-state index contributed by atoms with van der Waals surface area (Å²) in [6.07, 6.45) is -2.29. The van der Waals surface area contributed by atoms with E-state index in [1.54, 1.807) is 0 Å². The Bertz CT molecular complexity index is 487. The van der Waals surface area contributed by atoms with E-state index in [2.05, 4.69) is 4.31 Å². The van der Waals surface area contributed by atoms with E-state index >= 15 is 0 Å². The van der Waals surface area contributed by atoms with Crippen molar-refractivity contribution in [3.63, 3.8) is 0 Å². The fourth-order valence-electron chi connectivity index (χ4n) is 0.853. The Morgan fingerprint density at radius 3 is 1.22 bits per heavy atom. The molecule has 0 heterocycles. The molecule has 0 saturated heterocycles. The van der Waals surface area contributed by atoms with Crippen LogP contribution in [-0.2, 0) is 27.8 Å². The molecular weight excluding hydrogens is 381 g/mol. The van der Waals surface area contributed by atoms with Crippen LogP contribution in [0, 0.1) is 0 Å². The van der Waals surface area contributed by atoms with Crippen LogP contribution >= 0.6 is 15.6 Å². The molecule has 0 rings (SSSR count). The van der Waals surface area contributed by atoms with Gasteiger partial charge in [0.05, 0.1) is 12.8 Å². The Morgan fingerprint density at radius 2 is 1.13 bits per heavy atom. The summed E-state index contributed by atoms with van der Waals surface area (Å²) in [5.41, 5.74) is -2.74. The topological polar surface area (TPSA) is 256 Å². The summed E-state index contributed by atoms with van der Waals surface area (Å²) < 4.78 is 22.2. The fourth-order valence-corrected chi connectivity index (χ4v) is 1.96. The van der Waals surface area contributed by atoms with E-state index in [-0.39, 0.29) is 31.0 Å². The van der Waals surface area contributed by atoms with E-state index in [0.29, 0.717) is 0 Å². The van der Waals surface area contributed by atoms with Crippen molar-refractivity contribution in [2.45, 2.75) is 18.4 Å². The standard InChI is InChI=1S/C6H8O7.Na.H4O7P2.H/c7-3(8)1-6(13,5(11)12)2-4(9)10;;1-8(2,3)7-9(4,5)6;/h13H,1-2H2,(H,7,8)(H,9,10)(H,11,12);;(H2,1,2,3)(H2,4,5,6);/q;+1;;-1. The molecule has 0 aliphatic carbocycles. The summed E-state index contributed by atoms with van der Waals surface area (Å²) in [5, 5.41) is 33.8. The minimum Gasteiger partial charge on any atom is -1.00 e. The quantitative estimate of drug-likeness (QED) is 0.149. The SMILES string of the molecule is O=C(O)CC(O)(CC(=O)O)C(=O)O.O=P(O)(O)OP(=O)(O)O.[H-].[Na+]. The molecular formula is C6H13NaO14P2. The second kappa shape index (κ2) is 10.5. The molecule has 0 atom stereocenters. The van der Waals surface area contributed by atoms with Crippen LogP contribution in [0.25, 0.3) is 0 Å². The first kappa shape index (κ1) is 27.5. The molecule has 0 spiro atoms. The van der Waals surface area contributed by atoms with Gasteiger partial charge < -0.3 is 41.4 Å². The van der Waals surface area contributed by atoms with Crippen molar-refractivity contribution in [1.82, 2.24) is 0 Å². The number of carboxylic acids is 3. The molecule has 0 aliphatic rings. The van der Waals surface area contributed by atoms with Gasteiger partial charge in [-0.2, -0.15) is 4.31 Å². The summed E-state index contributed by atoms with van der Waals surface area (Å²) >= 11 is 0. The van der Waals surface area contributed by atoms with Gasteiger partial charge in [-0.1, -0.05) is 0 Å². The Labute approximate surface area is 151 Å². The van der Waals surface area contributed by atoms with Crippen molar-refractivity contribution < 1.29 is 98.8 Å². The zero-order valence-corrected chi connectivity index (χ0v) is 15.1. The van der Waals surface area contributed by atoms with Gasteiger partial charge in [0.15, 0.2) is 5.60 Å². The van der Waals surface area contributed by atoms with Gasteiger partial charge in [0, 0.05) is 0 Å². The molecule has 14 nitrogen and oxygen atoms in total. The Kier molecular flexibility index (Phi) is 12.5. The van der Waals surface area contributed by atoms with Gasteiger partial charge in [-0.05, 0) is 0 Å². The first-order valence-corrected chi connectivity index (χ1v) is 7.76. The first-order chi connectivity index (χ1) is 9.48. The van der Waals surface area contributed by atoms with Crippen LogP contribution in [0.1, 0.15) is 14.3 Å². The number of aliphatic hydroxyl groups is 1. The largest absolute Gasteiger partial charge is 1.00 e. The minimum absolute atomic E-state index is 0. The number of hydrogen-bond donors (Lipinski definition) is 8. The number of aliphatic carboxylic acids is 3. The molecule has 0 aromatic rings. The molecule has 0 radical (unpaired) electrons. The van der Waals surface area contributed by atoms with Crippen molar-refractivity contribution in [2.75, 3.05) is 0 Å². The zero-order chi connectivity index (χ0) is 18.4. The summed E-state index contributed by atoms with van der Waals surface area (Å²) in [7, 11) is -10.1. The van der Waals surface area contributed by atoms with Crippen molar-refractivity contribution in [1.29, 1.82) is 0 Å². The van der Waals surface area contributed by atoms with Gasteiger partial charge in [0.25, 0.3) is 0 Å². The van der Waals surface area contributed by atoms with Crippen molar-refractivity contribution in [2.24, 2.45) is 0 Å². The Hall–Kier alpha value is -0.370. The molecule has 17 heteroatoms. The summed E-state index contributed by atoms with van der Waals surface area (Å²) in [4.78, 5) is 61.5. The number of carboxylic acid groups (broad SMARTS) is 3. The second-order valence-corrected chi connectivity index (χ2v) is 6.16. The van der Waals surface area contributed by atoms with Crippen LogP contribution in [0.3, 0.4) is 0 Å². The molecule has 0 unspecified atom stereocenters. The molecule has 132 valence electrons. The van der Waals surface area contributed by atoms with E-state index in [1.807, 2.05) is 0 Å². The van der Waals surface area contributed by atoms with Crippen LogP contribution in [0.15, 0.2) is 0 Å². The third kappa shape index (κ3) is 17.8. The number of carbonyl (C=O) groups is 3. The molecule has 8 N–H and O–H groups in total. The number of phosphoric acid groups is 2. The van der Waals surface area contributed by atoms with E-state index in [1.165, 1.54) is 0 Å². The van der Waals surface area contributed by atoms with Gasteiger partial charge in [-0.15, -0.1) is 0 Å². The van der Waals surface area contributed by atoms with E-state index < -0.39 is 52.0 Å². The molecule has 0 fully saturated rings. The third-order valence-electron chi connectivity index (χ3n) is 1.50. The predicted molar refractivity (Wildman–Crippen MR) is 63.4 cm³/mol. The smallest absolute Gasteiger partial charge is 1.00 e. The van der Waals surface area contributed by atoms with Gasteiger partial charge in [0.1, 0.15) is 0 Å². The summed E-state index contributed by atoms with van der Waals surface area (Å²) in [6.45, 7) is 0. The van der Waals surface area contributed by atoms with Crippen LogP contribution in [0.2, 0.25) is 0 Å². The third-order valence-corrected chi connectivity index (χ3v) is 3.20. The maximum absolute atomic E-state index is 10.3. The fraction of sp³-hybridized carbons (Fsp3) is 0.500. The van der Waals surface area contributed by atoms with E-state index in [0.717, 1.165) is 0 Å². The van der Waals surface area contributed by atoms with Gasteiger partial charge in [0.2, 0.25) is 0 Å². The Balaban J connectivity index is -0.000000162. The molecule has 0 aromatic heterocycles. The molecule has 0 aromatic carbocycles. The molecule has 0 bridgehead atoms. The average molecular weight is 394 g/mol. The molecule has 23 heavy (non-hydrogen) atoms.